The fraction of sp³-hybridized carbons (Fsp3) is 0.857. The van der Waals surface area contributed by atoms with Crippen molar-refractivity contribution in [1.29, 1.82) is 0 Å². The molecule has 0 aromatic heterocycles. The molecule has 0 saturated carbocycles. The molecule has 1 aliphatic rings. The van der Waals surface area contributed by atoms with Crippen LogP contribution in [0.5, 0.6) is 0 Å². The van der Waals surface area contributed by atoms with E-state index in [1.165, 1.54) is 56.7 Å². The molecule has 0 radical (unpaired) electrons. The molecule has 2 heteroatoms. The quantitative estimate of drug-likeness (QED) is 0.499. The van der Waals surface area contributed by atoms with Crippen molar-refractivity contribution in [3.63, 3.8) is 0 Å². The summed E-state index contributed by atoms with van der Waals surface area (Å²) >= 11 is 0. The summed E-state index contributed by atoms with van der Waals surface area (Å²) < 4.78 is 0. The van der Waals surface area contributed by atoms with Crippen molar-refractivity contribution in [2.45, 2.75) is 58.2 Å². The Morgan fingerprint density at radius 2 is 1.69 bits per heavy atom. The molecular formula is C14H29NSi. The van der Waals surface area contributed by atoms with Crippen molar-refractivity contribution < 1.29 is 0 Å². The highest BCUT2D eigenvalue weighted by Crippen LogP contribution is 2.24. The second kappa shape index (κ2) is 7.28. The lowest BCUT2D eigenvalue weighted by molar-refractivity contribution is 0.258. The molecule has 0 aromatic rings. The van der Waals surface area contributed by atoms with Crippen LogP contribution in [0.15, 0.2) is 12.2 Å². The summed E-state index contributed by atoms with van der Waals surface area (Å²) in [7, 11) is -1.01. The molecule has 0 unspecified atom stereocenters. The number of nitrogens with zero attached hydrogens (tertiary/aromatic N) is 1. The molecule has 0 amide bonds. The van der Waals surface area contributed by atoms with Crippen molar-refractivity contribution >= 4 is 8.07 Å². The van der Waals surface area contributed by atoms with Gasteiger partial charge in [0.2, 0.25) is 0 Å². The van der Waals surface area contributed by atoms with Crippen molar-refractivity contribution in [2.75, 3.05) is 19.3 Å². The number of allylic oxidation sites excluding steroid dienone is 2. The Morgan fingerprint density at radius 1 is 1.06 bits per heavy atom. The molecule has 0 N–H and O–H groups in total. The van der Waals surface area contributed by atoms with Gasteiger partial charge >= 0.3 is 0 Å². The van der Waals surface area contributed by atoms with Crippen LogP contribution in [0.1, 0.15) is 40.0 Å². The van der Waals surface area contributed by atoms with Gasteiger partial charge in [0.1, 0.15) is 0 Å². The summed E-state index contributed by atoms with van der Waals surface area (Å²) in [5, 5.41) is 0. The van der Waals surface area contributed by atoms with Gasteiger partial charge in [-0.15, -0.1) is 0 Å². The average molecular weight is 239 g/mol. The summed E-state index contributed by atoms with van der Waals surface area (Å²) in [4.78, 5) is 2.76. The van der Waals surface area contributed by atoms with Crippen LogP contribution < -0.4 is 0 Å². The Kier molecular flexibility index (Phi) is 6.36. The first kappa shape index (κ1) is 14.0. The lowest BCUT2D eigenvalue weighted by Crippen LogP contribution is -2.47. The minimum absolute atomic E-state index is 1.01. The third kappa shape index (κ3) is 4.06. The fourth-order valence-corrected chi connectivity index (χ4v) is 6.44. The van der Waals surface area contributed by atoms with Crippen LogP contribution in [-0.2, 0) is 0 Å². The molecule has 1 rings (SSSR count). The number of likely N-dealkylation sites (tertiary alicyclic amines) is 1. The monoisotopic (exact) mass is 239 g/mol. The molecule has 1 saturated heterocycles. The largest absolute Gasteiger partial charge is 0.306 e. The molecule has 0 atom stereocenters. The van der Waals surface area contributed by atoms with Gasteiger partial charge in [0.15, 0.2) is 0 Å². The minimum Gasteiger partial charge on any atom is -0.306 e. The first-order chi connectivity index (χ1) is 7.76. The molecule has 1 heterocycles. The van der Waals surface area contributed by atoms with Crippen LogP contribution in [0.4, 0.5) is 0 Å². The van der Waals surface area contributed by atoms with Crippen LogP contribution in [0.2, 0.25) is 18.1 Å². The molecule has 1 fully saturated rings. The average Bonchev–Trinajstić information content (AvgIpc) is 2.36. The van der Waals surface area contributed by atoms with Crippen molar-refractivity contribution in [2.24, 2.45) is 0 Å². The van der Waals surface area contributed by atoms with Crippen molar-refractivity contribution in [3.8, 4) is 0 Å². The SMILES string of the molecule is CC=CC[Si](CC)(CC)CN1CCCCC1. The Bertz CT molecular complexity index is 203. The zero-order valence-electron chi connectivity index (χ0n) is 11.5. The number of hydrogen-bond donors (Lipinski definition) is 0. The molecule has 0 aliphatic carbocycles. The lowest BCUT2D eigenvalue weighted by atomic mass is 10.1. The van der Waals surface area contributed by atoms with Crippen LogP contribution >= 0.6 is 0 Å². The highest BCUT2D eigenvalue weighted by atomic mass is 28.3. The highest BCUT2D eigenvalue weighted by molar-refractivity contribution is 6.80. The fourth-order valence-electron chi connectivity index (χ4n) is 2.79. The molecule has 0 spiro atoms. The first-order valence-electron chi connectivity index (χ1n) is 7.10. The standard InChI is InChI=1S/C14H29NSi/c1-4-7-13-16(5-2,6-3)14-15-11-9-8-10-12-15/h4,7H,5-6,8-14H2,1-3H3. The summed E-state index contributed by atoms with van der Waals surface area (Å²) in [6.07, 6.45) is 10.4. The molecule has 94 valence electrons. The normalized spacial score (nSPS) is 19.4. The predicted octanol–water partition coefficient (Wildman–Crippen LogP) is 4.08. The van der Waals surface area contributed by atoms with Crippen LogP contribution in [0.25, 0.3) is 0 Å². The van der Waals surface area contributed by atoms with E-state index in [9.17, 15) is 0 Å². The van der Waals surface area contributed by atoms with E-state index in [0.717, 1.165) is 0 Å². The molecule has 1 aliphatic heterocycles. The third-order valence-corrected chi connectivity index (χ3v) is 9.51. The van der Waals surface area contributed by atoms with Crippen molar-refractivity contribution in [3.05, 3.63) is 12.2 Å². The van der Waals surface area contributed by atoms with E-state index in [0.29, 0.717) is 0 Å². The van der Waals surface area contributed by atoms with Gasteiger partial charge in [0, 0.05) is 0 Å². The van der Waals surface area contributed by atoms with E-state index in [4.69, 9.17) is 0 Å². The van der Waals surface area contributed by atoms with Crippen LogP contribution in [-0.4, -0.2) is 32.2 Å². The van der Waals surface area contributed by atoms with E-state index in [1.54, 1.807) is 0 Å². The first-order valence-corrected chi connectivity index (χ1v) is 9.92. The van der Waals surface area contributed by atoms with E-state index >= 15 is 0 Å². The third-order valence-electron chi connectivity index (χ3n) is 4.29. The predicted molar refractivity (Wildman–Crippen MR) is 76.6 cm³/mol. The van der Waals surface area contributed by atoms with E-state index in [1.807, 2.05) is 0 Å². The second-order valence-electron chi connectivity index (χ2n) is 5.32. The highest BCUT2D eigenvalue weighted by Gasteiger charge is 2.30. The number of rotatable bonds is 6. The summed E-state index contributed by atoms with van der Waals surface area (Å²) in [5.74, 6) is 0. The Hall–Kier alpha value is -0.0831. The smallest absolute Gasteiger partial charge is 0.0722 e. The van der Waals surface area contributed by atoms with E-state index < -0.39 is 8.07 Å². The van der Waals surface area contributed by atoms with Crippen LogP contribution in [0.3, 0.4) is 0 Å². The van der Waals surface area contributed by atoms with Gasteiger partial charge in [-0.05, 0) is 45.1 Å². The van der Waals surface area contributed by atoms with Gasteiger partial charge in [-0.1, -0.05) is 44.5 Å². The van der Waals surface area contributed by atoms with Gasteiger partial charge in [0.25, 0.3) is 0 Å². The molecule has 0 bridgehead atoms. The lowest BCUT2D eigenvalue weighted by Gasteiger charge is -2.37. The summed E-state index contributed by atoms with van der Waals surface area (Å²) in [5.41, 5.74) is 0. The molecule has 0 aromatic carbocycles. The Balaban J connectivity index is 2.53. The summed E-state index contributed by atoms with van der Waals surface area (Å²) in [6, 6.07) is 4.29. The van der Waals surface area contributed by atoms with Gasteiger partial charge in [-0.25, -0.2) is 0 Å². The summed E-state index contributed by atoms with van der Waals surface area (Å²) in [6.45, 7) is 9.73. The van der Waals surface area contributed by atoms with E-state index in [-0.39, 0.29) is 0 Å². The van der Waals surface area contributed by atoms with Gasteiger partial charge < -0.3 is 4.90 Å². The Morgan fingerprint density at radius 3 is 2.19 bits per heavy atom. The minimum atomic E-state index is -1.01. The maximum atomic E-state index is 2.76. The second-order valence-corrected chi connectivity index (χ2v) is 10.5. The molecular weight excluding hydrogens is 210 g/mol. The van der Waals surface area contributed by atoms with Crippen molar-refractivity contribution in [1.82, 2.24) is 4.90 Å². The van der Waals surface area contributed by atoms with Gasteiger partial charge in [-0.3, -0.25) is 0 Å². The van der Waals surface area contributed by atoms with Crippen LogP contribution in [0, 0.1) is 0 Å². The zero-order chi connectivity index (χ0) is 11.9. The van der Waals surface area contributed by atoms with E-state index in [2.05, 4.69) is 37.8 Å². The topological polar surface area (TPSA) is 3.24 Å². The number of piperidine rings is 1. The molecule has 16 heavy (non-hydrogen) atoms. The number of hydrogen-bond acceptors (Lipinski definition) is 1. The van der Waals surface area contributed by atoms with Gasteiger partial charge in [-0.2, -0.15) is 0 Å². The zero-order valence-corrected chi connectivity index (χ0v) is 12.5. The maximum absolute atomic E-state index is 2.76. The van der Waals surface area contributed by atoms with Gasteiger partial charge in [0.05, 0.1) is 8.07 Å². The maximum Gasteiger partial charge on any atom is 0.0722 e. The molecule has 1 nitrogen and oxygen atoms in total. The Labute approximate surface area is 103 Å².